The van der Waals surface area contributed by atoms with Crippen LogP contribution in [0.4, 0.5) is 0 Å². The summed E-state index contributed by atoms with van der Waals surface area (Å²) >= 11 is 0. The standard InChI is InChI=1S/C25H31OP/c1-18-10-6-8-14-22(18)24-16-20(26)17-25(23-15-9-7-11-19(23)2)27(24)21-12-4-3-5-13-21/h6-11,14-15,21,24-25H,3-5,12-13,16-17H2,1-2H3. The number of Topliss-reactive ketones (excluding diaryl/α,β-unsaturated/α-hetero) is 1. The quantitative estimate of drug-likeness (QED) is 0.514. The molecule has 1 aliphatic heterocycles. The fourth-order valence-corrected chi connectivity index (χ4v) is 9.76. The molecule has 1 nitrogen and oxygen atoms in total. The summed E-state index contributed by atoms with van der Waals surface area (Å²) in [5.41, 5.74) is 7.32. The van der Waals surface area contributed by atoms with Crippen LogP contribution in [0.2, 0.25) is 0 Å². The van der Waals surface area contributed by atoms with Gasteiger partial charge in [-0.1, -0.05) is 75.7 Å². The van der Waals surface area contributed by atoms with E-state index in [1.165, 1.54) is 54.4 Å². The molecule has 2 aromatic rings. The number of rotatable bonds is 3. The molecule has 0 N–H and O–H groups in total. The van der Waals surface area contributed by atoms with Gasteiger partial charge in [0.1, 0.15) is 5.78 Å². The van der Waals surface area contributed by atoms with E-state index in [4.69, 9.17) is 0 Å². The minimum absolute atomic E-state index is 0.249. The molecule has 2 unspecified atom stereocenters. The Hall–Kier alpha value is -1.46. The lowest BCUT2D eigenvalue weighted by molar-refractivity contribution is -0.119. The lowest BCUT2D eigenvalue weighted by atomic mass is 9.96. The fourth-order valence-electron chi connectivity index (χ4n) is 5.29. The third-order valence-corrected chi connectivity index (χ3v) is 10.4. The normalized spacial score (nSPS) is 26.9. The average Bonchev–Trinajstić information content (AvgIpc) is 2.69. The zero-order valence-corrected chi connectivity index (χ0v) is 17.6. The molecule has 0 radical (unpaired) electrons. The van der Waals surface area contributed by atoms with Crippen molar-refractivity contribution in [1.29, 1.82) is 0 Å². The maximum Gasteiger partial charge on any atom is 0.134 e. The maximum absolute atomic E-state index is 12.9. The maximum atomic E-state index is 12.9. The van der Waals surface area contributed by atoms with E-state index >= 15 is 0 Å². The molecule has 1 saturated carbocycles. The zero-order chi connectivity index (χ0) is 18.8. The molecule has 142 valence electrons. The second-order valence-corrected chi connectivity index (χ2v) is 11.3. The molecule has 1 heterocycles. The molecule has 1 aliphatic carbocycles. The highest BCUT2D eigenvalue weighted by Gasteiger charge is 2.43. The van der Waals surface area contributed by atoms with Crippen LogP contribution in [0.25, 0.3) is 0 Å². The second kappa shape index (κ2) is 8.27. The molecule has 2 atom stereocenters. The van der Waals surface area contributed by atoms with Crippen LogP contribution in [0.5, 0.6) is 0 Å². The zero-order valence-electron chi connectivity index (χ0n) is 16.7. The SMILES string of the molecule is Cc1ccccc1C1CC(=O)CC(c2ccccc2C)P1C1CCCCC1. The first-order valence-corrected chi connectivity index (χ1v) is 12.1. The van der Waals surface area contributed by atoms with Crippen molar-refractivity contribution in [2.45, 2.75) is 75.8 Å². The Labute approximate surface area is 165 Å². The number of carbonyl (C=O) groups is 1. The summed E-state index contributed by atoms with van der Waals surface area (Å²) in [6, 6.07) is 17.6. The van der Waals surface area contributed by atoms with E-state index in [1.54, 1.807) is 0 Å². The number of carbonyl (C=O) groups excluding carboxylic acids is 1. The molecule has 0 aromatic heterocycles. The molecule has 1 saturated heterocycles. The summed E-state index contributed by atoms with van der Waals surface area (Å²) in [4.78, 5) is 12.9. The number of ketones is 1. The Morgan fingerprint density at radius 1 is 0.741 bits per heavy atom. The molecule has 2 aliphatic rings. The Morgan fingerprint density at radius 3 is 1.70 bits per heavy atom. The molecule has 0 spiro atoms. The van der Waals surface area contributed by atoms with Crippen LogP contribution in [0, 0.1) is 13.8 Å². The van der Waals surface area contributed by atoms with E-state index in [1.807, 2.05) is 0 Å². The van der Waals surface area contributed by atoms with E-state index < -0.39 is 0 Å². The number of hydrogen-bond acceptors (Lipinski definition) is 1. The smallest absolute Gasteiger partial charge is 0.134 e. The first kappa shape index (κ1) is 18.9. The van der Waals surface area contributed by atoms with Gasteiger partial charge in [0.05, 0.1) is 0 Å². The van der Waals surface area contributed by atoms with Gasteiger partial charge in [-0.05, 0) is 54.6 Å². The van der Waals surface area contributed by atoms with Gasteiger partial charge in [-0.3, -0.25) is 4.79 Å². The number of hydrogen-bond donors (Lipinski definition) is 0. The van der Waals surface area contributed by atoms with E-state index in [-0.39, 0.29) is 7.92 Å². The van der Waals surface area contributed by atoms with Crippen molar-refractivity contribution in [3.05, 3.63) is 70.8 Å². The van der Waals surface area contributed by atoms with Crippen molar-refractivity contribution in [1.82, 2.24) is 0 Å². The van der Waals surface area contributed by atoms with E-state index in [0.29, 0.717) is 17.1 Å². The third-order valence-electron chi connectivity index (χ3n) is 6.65. The number of aryl methyl sites for hydroxylation is 2. The second-order valence-electron chi connectivity index (χ2n) is 8.43. The van der Waals surface area contributed by atoms with Crippen LogP contribution in [0.1, 0.15) is 78.5 Å². The molecule has 27 heavy (non-hydrogen) atoms. The summed E-state index contributed by atoms with van der Waals surface area (Å²) in [6.45, 7) is 4.46. The minimum Gasteiger partial charge on any atom is -0.300 e. The van der Waals surface area contributed by atoms with E-state index in [2.05, 4.69) is 62.4 Å². The van der Waals surface area contributed by atoms with Crippen molar-refractivity contribution in [2.75, 3.05) is 0 Å². The van der Waals surface area contributed by atoms with Gasteiger partial charge in [0.2, 0.25) is 0 Å². The summed E-state index contributed by atoms with van der Waals surface area (Å²) < 4.78 is 0. The first-order valence-electron chi connectivity index (χ1n) is 10.6. The van der Waals surface area contributed by atoms with Crippen molar-refractivity contribution in [3.63, 3.8) is 0 Å². The number of benzene rings is 2. The van der Waals surface area contributed by atoms with Crippen molar-refractivity contribution >= 4 is 13.7 Å². The van der Waals surface area contributed by atoms with Crippen LogP contribution < -0.4 is 0 Å². The molecular formula is C25H31OP. The largest absolute Gasteiger partial charge is 0.300 e. The Balaban J connectivity index is 1.80. The molecule has 0 amide bonds. The summed E-state index contributed by atoms with van der Waals surface area (Å²) in [7, 11) is -0.249. The van der Waals surface area contributed by atoms with Gasteiger partial charge in [-0.2, -0.15) is 0 Å². The van der Waals surface area contributed by atoms with Crippen LogP contribution in [0.15, 0.2) is 48.5 Å². The Bertz CT molecular complexity index is 748. The van der Waals surface area contributed by atoms with Gasteiger partial charge in [0.15, 0.2) is 0 Å². The van der Waals surface area contributed by atoms with Crippen molar-refractivity contribution < 1.29 is 4.79 Å². The molecule has 2 aromatic carbocycles. The first-order chi connectivity index (χ1) is 13.1. The van der Waals surface area contributed by atoms with Gasteiger partial charge in [-0.25, -0.2) is 0 Å². The highest BCUT2D eigenvalue weighted by molar-refractivity contribution is 7.59. The Kier molecular flexibility index (Phi) is 5.79. The van der Waals surface area contributed by atoms with Crippen LogP contribution in [-0.2, 0) is 4.79 Å². The van der Waals surface area contributed by atoms with Gasteiger partial charge in [-0.15, -0.1) is 0 Å². The molecule has 0 bridgehead atoms. The molecule has 2 fully saturated rings. The van der Waals surface area contributed by atoms with Crippen LogP contribution >= 0.6 is 7.92 Å². The highest BCUT2D eigenvalue weighted by atomic mass is 31.1. The van der Waals surface area contributed by atoms with E-state index in [0.717, 1.165) is 18.5 Å². The van der Waals surface area contributed by atoms with Crippen molar-refractivity contribution in [3.8, 4) is 0 Å². The summed E-state index contributed by atoms with van der Waals surface area (Å²) in [5.74, 6) is 0.464. The predicted molar refractivity (Wildman–Crippen MR) is 116 cm³/mol. The third kappa shape index (κ3) is 3.90. The average molecular weight is 378 g/mol. The van der Waals surface area contributed by atoms with Gasteiger partial charge in [0, 0.05) is 24.2 Å². The topological polar surface area (TPSA) is 17.1 Å². The molecule has 2 heteroatoms. The monoisotopic (exact) mass is 378 g/mol. The lowest BCUT2D eigenvalue weighted by Gasteiger charge is -2.45. The van der Waals surface area contributed by atoms with Crippen LogP contribution in [0.3, 0.4) is 0 Å². The minimum atomic E-state index is -0.249. The molecular weight excluding hydrogens is 347 g/mol. The molecule has 4 rings (SSSR count). The highest BCUT2D eigenvalue weighted by Crippen LogP contribution is 2.71. The van der Waals surface area contributed by atoms with Crippen molar-refractivity contribution in [2.24, 2.45) is 0 Å². The van der Waals surface area contributed by atoms with Gasteiger partial charge >= 0.3 is 0 Å². The van der Waals surface area contributed by atoms with Gasteiger partial charge in [0.25, 0.3) is 0 Å². The summed E-state index contributed by atoms with van der Waals surface area (Å²) in [5, 5.41) is 0. The summed E-state index contributed by atoms with van der Waals surface area (Å²) in [6.07, 6.45) is 8.39. The van der Waals surface area contributed by atoms with Crippen LogP contribution in [-0.4, -0.2) is 11.4 Å². The predicted octanol–water partition coefficient (Wildman–Crippen LogP) is 7.26. The van der Waals surface area contributed by atoms with Gasteiger partial charge < -0.3 is 0 Å². The lowest BCUT2D eigenvalue weighted by Crippen LogP contribution is -2.26. The van der Waals surface area contributed by atoms with E-state index in [9.17, 15) is 4.79 Å². The fraction of sp³-hybridized carbons (Fsp3) is 0.480. The Morgan fingerprint density at radius 2 is 1.22 bits per heavy atom.